The zero-order chi connectivity index (χ0) is 19.9. The molecule has 152 valence electrons. The lowest BCUT2D eigenvalue weighted by atomic mass is 10.1. The smallest absolute Gasteiger partial charge is 0.330 e. The standard InChI is InChI=1S/C14H19F2N3O8/c15-14(16)10(23)5(3-17)27-12(14)25-4-6-8(21)9(22)11(26-6)19-2-1-7(20)18-13(19)24/h1-2,5-6,8-12,21-23H,3-4,17H2,(H,18,20,24)/t5-,6-,8-,9-,10-,11-,12-/m1/s1. The van der Waals surface area contributed by atoms with E-state index in [9.17, 15) is 33.7 Å². The van der Waals surface area contributed by atoms with Gasteiger partial charge in [-0.15, -0.1) is 0 Å². The Morgan fingerprint density at radius 1 is 1.22 bits per heavy atom. The van der Waals surface area contributed by atoms with E-state index in [0.29, 0.717) is 0 Å². The number of aromatic nitrogens is 2. The number of ether oxygens (including phenoxy) is 3. The van der Waals surface area contributed by atoms with Crippen molar-refractivity contribution in [2.75, 3.05) is 13.2 Å². The van der Waals surface area contributed by atoms with Gasteiger partial charge in [0.1, 0.15) is 24.4 Å². The highest BCUT2D eigenvalue weighted by molar-refractivity contribution is 4.96. The van der Waals surface area contributed by atoms with Crippen molar-refractivity contribution in [2.24, 2.45) is 5.73 Å². The minimum absolute atomic E-state index is 0.352. The van der Waals surface area contributed by atoms with E-state index in [2.05, 4.69) is 0 Å². The van der Waals surface area contributed by atoms with Crippen molar-refractivity contribution in [3.05, 3.63) is 33.1 Å². The van der Waals surface area contributed by atoms with Crippen molar-refractivity contribution >= 4 is 0 Å². The normalized spacial score (nSPS) is 38.4. The highest BCUT2D eigenvalue weighted by Gasteiger charge is 2.59. The fraction of sp³-hybridized carbons (Fsp3) is 0.714. The summed E-state index contributed by atoms with van der Waals surface area (Å²) in [6.45, 7) is -0.980. The second-order valence-electron chi connectivity index (χ2n) is 6.26. The first-order chi connectivity index (χ1) is 12.7. The lowest BCUT2D eigenvalue weighted by molar-refractivity contribution is -0.236. The fourth-order valence-electron chi connectivity index (χ4n) is 2.95. The van der Waals surface area contributed by atoms with Crippen LogP contribution >= 0.6 is 0 Å². The molecule has 2 aliphatic rings. The number of aliphatic hydroxyl groups is 3. The molecule has 0 aliphatic carbocycles. The molecule has 0 aromatic carbocycles. The van der Waals surface area contributed by atoms with Crippen LogP contribution in [-0.4, -0.2) is 80.8 Å². The van der Waals surface area contributed by atoms with Crippen molar-refractivity contribution in [1.29, 1.82) is 0 Å². The van der Waals surface area contributed by atoms with Gasteiger partial charge in [0.05, 0.1) is 6.61 Å². The maximum absolute atomic E-state index is 13.9. The summed E-state index contributed by atoms with van der Waals surface area (Å²) in [4.78, 5) is 24.8. The van der Waals surface area contributed by atoms with Crippen LogP contribution in [0.5, 0.6) is 0 Å². The Bertz CT molecular complexity index is 786. The van der Waals surface area contributed by atoms with Gasteiger partial charge in [0, 0.05) is 18.8 Å². The second-order valence-corrected chi connectivity index (χ2v) is 6.26. The van der Waals surface area contributed by atoms with Crippen LogP contribution in [0.15, 0.2) is 21.9 Å². The third-order valence-electron chi connectivity index (χ3n) is 4.47. The molecule has 6 N–H and O–H groups in total. The molecule has 11 nitrogen and oxygen atoms in total. The molecule has 0 unspecified atom stereocenters. The van der Waals surface area contributed by atoms with E-state index in [-0.39, 0.29) is 6.54 Å². The molecule has 0 spiro atoms. The molecule has 3 rings (SSSR count). The SMILES string of the molecule is NC[C@H]1O[C@@H](OC[C@H]2O[C@@H](n3ccc(=O)[nH]c3=O)[C@H](O)[C@@H]2O)C(F)(F)[C@@H]1O. The lowest BCUT2D eigenvalue weighted by Gasteiger charge is -2.22. The summed E-state index contributed by atoms with van der Waals surface area (Å²) in [6.07, 6.45) is -10.3. The number of H-pyrrole nitrogens is 1. The number of nitrogens with one attached hydrogen (secondary N) is 1. The molecule has 2 saturated heterocycles. The fourth-order valence-corrected chi connectivity index (χ4v) is 2.95. The van der Waals surface area contributed by atoms with Crippen LogP contribution in [0.3, 0.4) is 0 Å². The summed E-state index contributed by atoms with van der Waals surface area (Å²) in [5.74, 6) is -3.73. The van der Waals surface area contributed by atoms with Gasteiger partial charge in [-0.25, -0.2) is 4.79 Å². The Kier molecular flexibility index (Phi) is 5.45. The van der Waals surface area contributed by atoms with E-state index >= 15 is 0 Å². The third-order valence-corrected chi connectivity index (χ3v) is 4.47. The first-order valence-corrected chi connectivity index (χ1v) is 8.03. The number of halogens is 2. The molecule has 7 atom stereocenters. The summed E-state index contributed by atoms with van der Waals surface area (Å²) >= 11 is 0. The monoisotopic (exact) mass is 395 g/mol. The molecule has 1 aromatic heterocycles. The molecular formula is C14H19F2N3O8. The number of alkyl halides is 2. The maximum Gasteiger partial charge on any atom is 0.330 e. The zero-order valence-electron chi connectivity index (χ0n) is 13.8. The van der Waals surface area contributed by atoms with E-state index in [1.807, 2.05) is 4.98 Å². The Hall–Kier alpha value is -1.74. The van der Waals surface area contributed by atoms with Crippen LogP contribution in [0.2, 0.25) is 0 Å². The Morgan fingerprint density at radius 2 is 1.93 bits per heavy atom. The lowest BCUT2D eigenvalue weighted by Crippen LogP contribution is -2.43. The Balaban J connectivity index is 1.68. The number of hydrogen-bond donors (Lipinski definition) is 5. The van der Waals surface area contributed by atoms with Crippen LogP contribution in [0.4, 0.5) is 8.78 Å². The summed E-state index contributed by atoms with van der Waals surface area (Å²) in [5.41, 5.74) is 3.69. The number of rotatable bonds is 5. The summed E-state index contributed by atoms with van der Waals surface area (Å²) in [5, 5.41) is 29.6. The number of aliphatic hydroxyl groups excluding tert-OH is 3. The van der Waals surface area contributed by atoms with Gasteiger partial charge < -0.3 is 35.3 Å². The highest BCUT2D eigenvalue weighted by atomic mass is 19.3. The van der Waals surface area contributed by atoms with Crippen molar-refractivity contribution in [3.8, 4) is 0 Å². The largest absolute Gasteiger partial charge is 0.387 e. The summed E-state index contributed by atoms with van der Waals surface area (Å²) < 4.78 is 43.8. The molecule has 1 aromatic rings. The average Bonchev–Trinajstić information content (AvgIpc) is 3.01. The van der Waals surface area contributed by atoms with Gasteiger partial charge in [0.2, 0.25) is 6.29 Å². The Labute approximate surface area is 149 Å². The minimum atomic E-state index is -3.73. The Morgan fingerprint density at radius 3 is 2.52 bits per heavy atom. The van der Waals surface area contributed by atoms with Gasteiger partial charge in [-0.1, -0.05) is 0 Å². The van der Waals surface area contributed by atoms with Gasteiger partial charge in [-0.3, -0.25) is 14.3 Å². The van der Waals surface area contributed by atoms with Gasteiger partial charge in [-0.2, -0.15) is 8.78 Å². The average molecular weight is 395 g/mol. The van der Waals surface area contributed by atoms with Crippen LogP contribution in [0, 0.1) is 0 Å². The first kappa shape index (κ1) is 20.0. The molecule has 2 fully saturated rings. The molecular weight excluding hydrogens is 376 g/mol. The van der Waals surface area contributed by atoms with E-state index in [0.717, 1.165) is 16.8 Å². The first-order valence-electron chi connectivity index (χ1n) is 8.03. The van der Waals surface area contributed by atoms with Gasteiger partial charge in [0.25, 0.3) is 5.56 Å². The number of aromatic amines is 1. The predicted molar refractivity (Wildman–Crippen MR) is 81.9 cm³/mol. The second kappa shape index (κ2) is 7.35. The van der Waals surface area contributed by atoms with E-state index < -0.39 is 66.8 Å². The number of nitrogens with two attached hydrogens (primary N) is 1. The molecule has 27 heavy (non-hydrogen) atoms. The number of nitrogens with zero attached hydrogens (tertiary/aromatic N) is 1. The topological polar surface area (TPSA) is 169 Å². The zero-order valence-corrected chi connectivity index (χ0v) is 13.8. The van der Waals surface area contributed by atoms with Gasteiger partial charge >= 0.3 is 11.6 Å². The predicted octanol–water partition coefficient (Wildman–Crippen LogP) is -3.15. The maximum atomic E-state index is 13.9. The molecule has 13 heteroatoms. The summed E-state index contributed by atoms with van der Waals surface area (Å²) in [7, 11) is 0. The van der Waals surface area contributed by atoms with Gasteiger partial charge in [-0.05, 0) is 0 Å². The molecule has 0 bridgehead atoms. The van der Waals surface area contributed by atoms with Crippen LogP contribution < -0.4 is 17.0 Å². The molecule has 0 radical (unpaired) electrons. The molecule has 0 amide bonds. The van der Waals surface area contributed by atoms with Crippen molar-refractivity contribution in [2.45, 2.75) is 49.0 Å². The molecule has 0 saturated carbocycles. The molecule has 2 aliphatic heterocycles. The third kappa shape index (κ3) is 3.54. The minimum Gasteiger partial charge on any atom is -0.387 e. The van der Waals surface area contributed by atoms with E-state index in [4.69, 9.17) is 19.9 Å². The number of hydrogen-bond acceptors (Lipinski definition) is 9. The van der Waals surface area contributed by atoms with Crippen LogP contribution in [0.25, 0.3) is 0 Å². The van der Waals surface area contributed by atoms with Crippen molar-refractivity contribution < 1.29 is 38.3 Å². The quantitative estimate of drug-likeness (QED) is 0.346. The van der Waals surface area contributed by atoms with E-state index in [1.165, 1.54) is 0 Å². The van der Waals surface area contributed by atoms with Crippen molar-refractivity contribution in [3.63, 3.8) is 0 Å². The highest BCUT2D eigenvalue weighted by Crippen LogP contribution is 2.37. The van der Waals surface area contributed by atoms with Crippen molar-refractivity contribution in [1.82, 2.24) is 9.55 Å². The van der Waals surface area contributed by atoms with Crippen LogP contribution in [-0.2, 0) is 14.2 Å². The summed E-state index contributed by atoms with van der Waals surface area (Å²) in [6, 6.07) is 1.01. The van der Waals surface area contributed by atoms with Gasteiger partial charge in [0.15, 0.2) is 12.3 Å². The van der Waals surface area contributed by atoms with Crippen LogP contribution in [0.1, 0.15) is 6.23 Å². The molecule has 3 heterocycles. The van der Waals surface area contributed by atoms with E-state index in [1.54, 1.807) is 0 Å².